The molecule has 1 N–H and O–H groups in total. The predicted octanol–water partition coefficient (Wildman–Crippen LogP) is 1.73. The van der Waals surface area contributed by atoms with Gasteiger partial charge in [0.05, 0.1) is 5.75 Å². The van der Waals surface area contributed by atoms with Gasteiger partial charge < -0.3 is 5.32 Å². The Morgan fingerprint density at radius 1 is 1.52 bits per heavy atom. The Balaban J connectivity index is 1.41. The third kappa shape index (κ3) is 4.04. The molecule has 1 amide bonds. The smallest absolute Gasteiger partial charge is 0.230 e. The number of aryl methyl sites for hydroxylation is 1. The molecule has 1 saturated carbocycles. The van der Waals surface area contributed by atoms with Crippen LogP contribution < -0.4 is 5.32 Å². The molecule has 2 aromatic rings. The Morgan fingerprint density at radius 2 is 2.38 bits per heavy atom. The Hall–Kier alpha value is -1.41. The molecular formula is C13H17N5OS2. The van der Waals surface area contributed by atoms with Crippen LogP contribution in [0.3, 0.4) is 0 Å². The van der Waals surface area contributed by atoms with E-state index in [1.165, 1.54) is 23.1 Å². The van der Waals surface area contributed by atoms with Crippen molar-refractivity contribution in [3.8, 4) is 0 Å². The molecule has 0 aliphatic heterocycles. The van der Waals surface area contributed by atoms with Crippen molar-refractivity contribution in [1.82, 2.24) is 25.3 Å². The first-order valence-electron chi connectivity index (χ1n) is 6.82. The second-order valence-corrected chi connectivity index (χ2v) is 7.76. The summed E-state index contributed by atoms with van der Waals surface area (Å²) in [5.41, 5.74) is 0.200. The standard InChI is InChI=1S/C13H17N5OS2/c1-10-16-17-12(21-10)20-7-11(19)14-8-13(3-4-13)9-18-6-2-5-15-18/h2,5-6H,3-4,7-9H2,1H3,(H,14,19). The van der Waals surface area contributed by atoms with Crippen molar-refractivity contribution in [2.75, 3.05) is 12.3 Å². The maximum absolute atomic E-state index is 11.9. The number of nitrogens with one attached hydrogen (secondary N) is 1. The van der Waals surface area contributed by atoms with Crippen LogP contribution in [0.25, 0.3) is 0 Å². The Morgan fingerprint density at radius 3 is 3.00 bits per heavy atom. The van der Waals surface area contributed by atoms with E-state index in [-0.39, 0.29) is 11.3 Å². The average molecular weight is 323 g/mol. The summed E-state index contributed by atoms with van der Waals surface area (Å²) in [7, 11) is 0. The second kappa shape index (κ2) is 6.15. The monoisotopic (exact) mass is 323 g/mol. The van der Waals surface area contributed by atoms with E-state index in [0.29, 0.717) is 5.75 Å². The summed E-state index contributed by atoms with van der Waals surface area (Å²) in [4.78, 5) is 11.9. The van der Waals surface area contributed by atoms with Gasteiger partial charge in [-0.15, -0.1) is 10.2 Å². The SMILES string of the molecule is Cc1nnc(SCC(=O)NCC2(Cn3cccn3)CC2)s1. The fraction of sp³-hybridized carbons (Fsp3) is 0.538. The Bertz CT molecular complexity index is 606. The van der Waals surface area contributed by atoms with Crippen molar-refractivity contribution in [2.45, 2.75) is 30.6 Å². The van der Waals surface area contributed by atoms with Gasteiger partial charge in [0.2, 0.25) is 5.91 Å². The molecular weight excluding hydrogens is 306 g/mol. The van der Waals surface area contributed by atoms with Gasteiger partial charge in [-0.2, -0.15) is 5.10 Å². The molecule has 0 aromatic carbocycles. The van der Waals surface area contributed by atoms with Crippen LogP contribution in [0.4, 0.5) is 0 Å². The zero-order chi connectivity index (χ0) is 14.7. The molecule has 3 rings (SSSR count). The number of carbonyl (C=O) groups is 1. The zero-order valence-electron chi connectivity index (χ0n) is 11.8. The highest BCUT2D eigenvalue weighted by Gasteiger charge is 2.43. The molecule has 0 radical (unpaired) electrons. The highest BCUT2D eigenvalue weighted by Crippen LogP contribution is 2.46. The molecule has 1 fully saturated rings. The quantitative estimate of drug-likeness (QED) is 0.786. The van der Waals surface area contributed by atoms with Gasteiger partial charge in [0.25, 0.3) is 0 Å². The number of amides is 1. The molecule has 0 spiro atoms. The first-order chi connectivity index (χ1) is 10.2. The van der Waals surface area contributed by atoms with Gasteiger partial charge in [0, 0.05) is 30.9 Å². The van der Waals surface area contributed by atoms with Crippen molar-refractivity contribution in [3.63, 3.8) is 0 Å². The fourth-order valence-electron chi connectivity index (χ4n) is 2.11. The van der Waals surface area contributed by atoms with E-state index in [9.17, 15) is 4.79 Å². The van der Waals surface area contributed by atoms with Crippen LogP contribution >= 0.6 is 23.1 Å². The van der Waals surface area contributed by atoms with E-state index in [1.54, 1.807) is 6.20 Å². The minimum atomic E-state index is 0.0552. The molecule has 1 aliphatic carbocycles. The first kappa shape index (κ1) is 14.5. The van der Waals surface area contributed by atoms with Crippen LogP contribution in [0, 0.1) is 12.3 Å². The van der Waals surface area contributed by atoms with Gasteiger partial charge in [0.15, 0.2) is 4.34 Å². The molecule has 2 heterocycles. The third-order valence-electron chi connectivity index (χ3n) is 3.51. The highest BCUT2D eigenvalue weighted by atomic mass is 32.2. The van der Waals surface area contributed by atoms with E-state index in [1.807, 2.05) is 23.9 Å². The maximum Gasteiger partial charge on any atom is 0.230 e. The number of thioether (sulfide) groups is 1. The summed E-state index contributed by atoms with van der Waals surface area (Å²) in [5.74, 6) is 0.450. The molecule has 2 aromatic heterocycles. The van der Waals surface area contributed by atoms with E-state index in [0.717, 1.165) is 35.3 Å². The summed E-state index contributed by atoms with van der Waals surface area (Å²) >= 11 is 2.96. The zero-order valence-corrected chi connectivity index (χ0v) is 13.4. The number of hydrogen-bond donors (Lipinski definition) is 1. The molecule has 1 aliphatic rings. The highest BCUT2D eigenvalue weighted by molar-refractivity contribution is 8.01. The molecule has 0 atom stereocenters. The van der Waals surface area contributed by atoms with E-state index >= 15 is 0 Å². The minimum absolute atomic E-state index is 0.0552. The lowest BCUT2D eigenvalue weighted by molar-refractivity contribution is -0.118. The Labute approximate surface area is 131 Å². The summed E-state index contributed by atoms with van der Waals surface area (Å²) in [6.07, 6.45) is 6.05. The second-order valence-electron chi connectivity index (χ2n) is 5.36. The lowest BCUT2D eigenvalue weighted by Gasteiger charge is -2.15. The molecule has 0 unspecified atom stereocenters. The van der Waals surface area contributed by atoms with Gasteiger partial charge >= 0.3 is 0 Å². The molecule has 0 saturated heterocycles. The van der Waals surface area contributed by atoms with Crippen molar-refractivity contribution in [3.05, 3.63) is 23.5 Å². The van der Waals surface area contributed by atoms with Crippen LogP contribution in [0.1, 0.15) is 17.8 Å². The number of nitrogens with zero attached hydrogens (tertiary/aromatic N) is 4. The van der Waals surface area contributed by atoms with Crippen LogP contribution in [0.2, 0.25) is 0 Å². The molecule has 6 nitrogen and oxygen atoms in total. The maximum atomic E-state index is 11.9. The van der Waals surface area contributed by atoms with Gasteiger partial charge in [-0.05, 0) is 25.8 Å². The average Bonchev–Trinajstić information content (AvgIpc) is 2.86. The van der Waals surface area contributed by atoms with Crippen molar-refractivity contribution in [1.29, 1.82) is 0 Å². The van der Waals surface area contributed by atoms with Gasteiger partial charge in [-0.25, -0.2) is 0 Å². The summed E-state index contributed by atoms with van der Waals surface area (Å²) < 4.78 is 2.79. The Kier molecular flexibility index (Phi) is 4.25. The number of hydrogen-bond acceptors (Lipinski definition) is 6. The normalized spacial score (nSPS) is 15.9. The minimum Gasteiger partial charge on any atom is -0.355 e. The van der Waals surface area contributed by atoms with Crippen molar-refractivity contribution in [2.24, 2.45) is 5.41 Å². The summed E-state index contributed by atoms with van der Waals surface area (Å²) in [5, 5.41) is 16.1. The van der Waals surface area contributed by atoms with Gasteiger partial charge in [-0.3, -0.25) is 9.48 Å². The van der Waals surface area contributed by atoms with Crippen LogP contribution in [-0.2, 0) is 11.3 Å². The van der Waals surface area contributed by atoms with Crippen LogP contribution in [-0.4, -0.2) is 38.2 Å². The van der Waals surface area contributed by atoms with Crippen LogP contribution in [0.5, 0.6) is 0 Å². The summed E-state index contributed by atoms with van der Waals surface area (Å²) in [6, 6.07) is 1.93. The van der Waals surface area contributed by atoms with Gasteiger partial charge in [0.1, 0.15) is 5.01 Å². The molecule has 8 heteroatoms. The molecule has 21 heavy (non-hydrogen) atoms. The van der Waals surface area contributed by atoms with E-state index < -0.39 is 0 Å². The molecule has 112 valence electrons. The summed E-state index contributed by atoms with van der Waals surface area (Å²) in [6.45, 7) is 3.51. The molecule has 0 bridgehead atoms. The first-order valence-corrected chi connectivity index (χ1v) is 8.63. The topological polar surface area (TPSA) is 72.7 Å². The van der Waals surface area contributed by atoms with Crippen LogP contribution in [0.15, 0.2) is 22.8 Å². The lowest BCUT2D eigenvalue weighted by atomic mass is 10.1. The van der Waals surface area contributed by atoms with Crippen molar-refractivity contribution >= 4 is 29.0 Å². The number of rotatable bonds is 7. The number of carbonyl (C=O) groups excluding carboxylic acids is 1. The van der Waals surface area contributed by atoms with E-state index in [2.05, 4.69) is 20.6 Å². The fourth-order valence-corrected chi connectivity index (χ4v) is 3.75. The number of aromatic nitrogens is 4. The van der Waals surface area contributed by atoms with Gasteiger partial charge in [-0.1, -0.05) is 23.1 Å². The predicted molar refractivity (Wildman–Crippen MR) is 82.3 cm³/mol. The van der Waals surface area contributed by atoms with Crippen molar-refractivity contribution < 1.29 is 4.79 Å². The lowest BCUT2D eigenvalue weighted by Crippen LogP contribution is -2.33. The van der Waals surface area contributed by atoms with E-state index in [4.69, 9.17) is 0 Å². The largest absolute Gasteiger partial charge is 0.355 e. The third-order valence-corrected chi connectivity index (χ3v) is 5.48.